The molecule has 0 bridgehead atoms. The number of hydrazone groups is 1. The van der Waals surface area contributed by atoms with Crippen molar-refractivity contribution in [3.8, 4) is 0 Å². The molecule has 0 amide bonds. The lowest BCUT2D eigenvalue weighted by atomic mass is 10.1. The first-order valence-corrected chi connectivity index (χ1v) is 5.89. The van der Waals surface area contributed by atoms with Crippen molar-refractivity contribution in [3.05, 3.63) is 24.3 Å². The van der Waals surface area contributed by atoms with Gasteiger partial charge in [0, 0.05) is 5.71 Å². The molecule has 1 aromatic heterocycles. The second-order valence-corrected chi connectivity index (χ2v) is 4.66. The van der Waals surface area contributed by atoms with E-state index >= 15 is 0 Å². The number of nitrogens with zero attached hydrogens (tertiary/aromatic N) is 2. The average Bonchev–Trinajstić information content (AvgIpc) is 2.68. The van der Waals surface area contributed by atoms with Gasteiger partial charge in [0.25, 0.3) is 0 Å². The van der Waals surface area contributed by atoms with E-state index < -0.39 is 0 Å². The molecule has 4 heteroatoms. The van der Waals surface area contributed by atoms with Crippen LogP contribution in [0.25, 0.3) is 11.0 Å². The van der Waals surface area contributed by atoms with Gasteiger partial charge in [0.15, 0.2) is 0 Å². The molecule has 90 valence electrons. The number of anilines is 1. The Labute approximate surface area is 101 Å². The number of rotatable bonds is 4. The lowest BCUT2D eigenvalue weighted by Gasteiger charge is -2.03. The molecule has 1 aromatic carbocycles. The van der Waals surface area contributed by atoms with Gasteiger partial charge in [0.2, 0.25) is 5.95 Å². The summed E-state index contributed by atoms with van der Waals surface area (Å²) < 4.78 is 0. The van der Waals surface area contributed by atoms with Crippen LogP contribution in [0.2, 0.25) is 0 Å². The van der Waals surface area contributed by atoms with E-state index in [9.17, 15) is 0 Å². The Kier molecular flexibility index (Phi) is 3.42. The van der Waals surface area contributed by atoms with Crippen LogP contribution >= 0.6 is 0 Å². The molecule has 4 nitrogen and oxygen atoms in total. The number of para-hydroxylation sites is 2. The highest BCUT2D eigenvalue weighted by atomic mass is 15.4. The van der Waals surface area contributed by atoms with Crippen molar-refractivity contribution in [2.24, 2.45) is 11.0 Å². The average molecular weight is 230 g/mol. The molecule has 0 aliphatic carbocycles. The summed E-state index contributed by atoms with van der Waals surface area (Å²) in [6, 6.07) is 7.93. The Hall–Kier alpha value is -1.84. The number of aromatic amines is 1. The summed E-state index contributed by atoms with van der Waals surface area (Å²) in [5, 5.41) is 4.30. The standard InChI is InChI=1S/C13H18N4/c1-9(2)8-10(3)16-17-13-14-11-6-4-5-7-12(11)15-13/h4-7,9H,8H2,1-3H3,(H2,14,15,17). The van der Waals surface area contributed by atoms with E-state index in [1.165, 1.54) is 0 Å². The summed E-state index contributed by atoms with van der Waals surface area (Å²) in [6.45, 7) is 6.38. The van der Waals surface area contributed by atoms with Gasteiger partial charge >= 0.3 is 0 Å². The molecule has 0 aliphatic heterocycles. The molecule has 0 saturated carbocycles. The Morgan fingerprint density at radius 3 is 2.88 bits per heavy atom. The van der Waals surface area contributed by atoms with Crippen LogP contribution in [0.3, 0.4) is 0 Å². The zero-order valence-electron chi connectivity index (χ0n) is 10.5. The van der Waals surface area contributed by atoms with Gasteiger partial charge in [-0.2, -0.15) is 5.10 Å². The van der Waals surface area contributed by atoms with Gasteiger partial charge in [0.1, 0.15) is 0 Å². The van der Waals surface area contributed by atoms with Crippen molar-refractivity contribution in [2.75, 3.05) is 5.43 Å². The molecule has 0 aliphatic rings. The van der Waals surface area contributed by atoms with E-state index in [2.05, 4.69) is 34.3 Å². The zero-order chi connectivity index (χ0) is 12.3. The summed E-state index contributed by atoms with van der Waals surface area (Å²) >= 11 is 0. The number of imidazole rings is 1. The number of H-pyrrole nitrogens is 1. The zero-order valence-corrected chi connectivity index (χ0v) is 10.5. The van der Waals surface area contributed by atoms with E-state index in [-0.39, 0.29) is 0 Å². The summed E-state index contributed by atoms with van der Waals surface area (Å²) in [6.07, 6.45) is 0.993. The first-order valence-electron chi connectivity index (χ1n) is 5.89. The second-order valence-electron chi connectivity index (χ2n) is 4.66. The van der Waals surface area contributed by atoms with Crippen LogP contribution in [0.1, 0.15) is 27.2 Å². The molecule has 0 radical (unpaired) electrons. The number of fused-ring (bicyclic) bond motifs is 1. The maximum Gasteiger partial charge on any atom is 0.222 e. The highest BCUT2D eigenvalue weighted by Crippen LogP contribution is 2.13. The van der Waals surface area contributed by atoms with Crippen molar-refractivity contribution in [2.45, 2.75) is 27.2 Å². The first-order chi connectivity index (χ1) is 8.15. The van der Waals surface area contributed by atoms with Crippen molar-refractivity contribution < 1.29 is 0 Å². The molecular formula is C13H18N4. The smallest absolute Gasteiger partial charge is 0.222 e. The molecule has 17 heavy (non-hydrogen) atoms. The Morgan fingerprint density at radius 2 is 2.18 bits per heavy atom. The van der Waals surface area contributed by atoms with Crippen molar-refractivity contribution in [3.63, 3.8) is 0 Å². The van der Waals surface area contributed by atoms with E-state index in [4.69, 9.17) is 0 Å². The lowest BCUT2D eigenvalue weighted by Crippen LogP contribution is -2.02. The maximum atomic E-state index is 4.39. The van der Waals surface area contributed by atoms with Crippen LogP contribution in [0.15, 0.2) is 29.4 Å². The number of hydrogen-bond donors (Lipinski definition) is 2. The molecule has 2 N–H and O–H groups in total. The fourth-order valence-electron chi connectivity index (χ4n) is 1.79. The molecule has 0 atom stereocenters. The topological polar surface area (TPSA) is 53.1 Å². The van der Waals surface area contributed by atoms with Crippen molar-refractivity contribution in [1.82, 2.24) is 9.97 Å². The molecule has 0 spiro atoms. The van der Waals surface area contributed by atoms with Crippen LogP contribution in [-0.2, 0) is 0 Å². The third-order valence-corrected chi connectivity index (χ3v) is 2.45. The molecule has 1 heterocycles. The molecule has 2 rings (SSSR count). The summed E-state index contributed by atoms with van der Waals surface area (Å²) in [7, 11) is 0. The van der Waals surface area contributed by atoms with Crippen molar-refractivity contribution in [1.29, 1.82) is 0 Å². The monoisotopic (exact) mass is 230 g/mol. The van der Waals surface area contributed by atoms with Gasteiger partial charge in [-0.3, -0.25) is 0 Å². The normalized spacial score (nSPS) is 12.4. The summed E-state index contributed by atoms with van der Waals surface area (Å²) in [5.74, 6) is 1.31. The SMILES string of the molecule is CC(CC(C)C)=NNc1nc2ccccc2[nH]1. The molecule has 0 saturated heterocycles. The highest BCUT2D eigenvalue weighted by molar-refractivity contribution is 5.83. The van der Waals surface area contributed by atoms with Gasteiger partial charge in [0.05, 0.1) is 11.0 Å². The highest BCUT2D eigenvalue weighted by Gasteiger charge is 2.01. The quantitative estimate of drug-likeness (QED) is 0.624. The Balaban J connectivity index is 2.08. The van der Waals surface area contributed by atoms with E-state index in [0.29, 0.717) is 11.9 Å². The number of aromatic nitrogens is 2. The summed E-state index contributed by atoms with van der Waals surface area (Å²) in [5.41, 5.74) is 6.02. The van der Waals surface area contributed by atoms with Crippen molar-refractivity contribution >= 4 is 22.7 Å². The lowest BCUT2D eigenvalue weighted by molar-refractivity contribution is 0.681. The Morgan fingerprint density at radius 1 is 1.41 bits per heavy atom. The van der Waals surface area contributed by atoms with E-state index in [1.54, 1.807) is 0 Å². The third kappa shape index (κ3) is 3.06. The molecule has 2 aromatic rings. The predicted molar refractivity (Wildman–Crippen MR) is 72.3 cm³/mol. The summed E-state index contributed by atoms with van der Waals surface area (Å²) in [4.78, 5) is 7.57. The number of nitrogens with one attached hydrogen (secondary N) is 2. The second kappa shape index (κ2) is 4.99. The van der Waals surface area contributed by atoms with Crippen LogP contribution < -0.4 is 5.43 Å². The largest absolute Gasteiger partial charge is 0.323 e. The van der Waals surface area contributed by atoms with Gasteiger partial charge < -0.3 is 4.98 Å². The Bertz CT molecular complexity index is 492. The maximum absolute atomic E-state index is 4.39. The first kappa shape index (κ1) is 11.6. The van der Waals surface area contributed by atoms with Gasteiger partial charge in [-0.15, -0.1) is 0 Å². The number of benzene rings is 1. The molecule has 0 unspecified atom stereocenters. The van der Waals surface area contributed by atoms with Gasteiger partial charge in [-0.05, 0) is 31.4 Å². The van der Waals surface area contributed by atoms with E-state index in [0.717, 1.165) is 23.2 Å². The third-order valence-electron chi connectivity index (χ3n) is 2.45. The van der Waals surface area contributed by atoms with Gasteiger partial charge in [-0.25, -0.2) is 10.4 Å². The van der Waals surface area contributed by atoms with E-state index in [1.807, 2.05) is 31.2 Å². The number of hydrogen-bond acceptors (Lipinski definition) is 3. The van der Waals surface area contributed by atoms with Gasteiger partial charge in [-0.1, -0.05) is 26.0 Å². The predicted octanol–water partition coefficient (Wildman–Crippen LogP) is 3.40. The van der Waals surface area contributed by atoms with Crippen LogP contribution in [0, 0.1) is 5.92 Å². The minimum atomic E-state index is 0.622. The molecule has 0 fully saturated rings. The van der Waals surface area contributed by atoms with Crippen LogP contribution in [0.5, 0.6) is 0 Å². The fourth-order valence-corrected chi connectivity index (χ4v) is 1.79. The molecular weight excluding hydrogens is 212 g/mol. The van der Waals surface area contributed by atoms with Crippen LogP contribution in [-0.4, -0.2) is 15.7 Å². The van der Waals surface area contributed by atoms with Crippen LogP contribution in [0.4, 0.5) is 5.95 Å². The minimum Gasteiger partial charge on any atom is -0.323 e. The minimum absolute atomic E-state index is 0.622. The fraction of sp³-hybridized carbons (Fsp3) is 0.385.